The van der Waals surface area contributed by atoms with Crippen molar-refractivity contribution in [3.8, 4) is 11.5 Å². The van der Waals surface area contributed by atoms with E-state index >= 15 is 0 Å². The molecule has 0 bridgehead atoms. The van der Waals surface area contributed by atoms with Gasteiger partial charge in [0.25, 0.3) is 0 Å². The Balaban J connectivity index is 2.52. The van der Waals surface area contributed by atoms with Gasteiger partial charge in [0.15, 0.2) is 17.4 Å². The third-order valence-electron chi connectivity index (χ3n) is 2.74. The largest absolute Gasteiger partial charge is 0.504 e. The van der Waals surface area contributed by atoms with Gasteiger partial charge in [-0.1, -0.05) is 0 Å². The fraction of sp³-hybridized carbons (Fsp3) is 0.0833. The molecule has 0 aliphatic heterocycles. The zero-order valence-electron chi connectivity index (χ0n) is 11.5. The van der Waals surface area contributed by atoms with E-state index in [0.717, 1.165) is 12.1 Å². The number of pyridine rings is 1. The summed E-state index contributed by atoms with van der Waals surface area (Å²) < 4.78 is 38.3. The van der Waals surface area contributed by atoms with Crippen LogP contribution in [-0.4, -0.2) is 20.1 Å². The van der Waals surface area contributed by atoms with Crippen LogP contribution in [0.1, 0.15) is 5.56 Å². The van der Waals surface area contributed by atoms with Gasteiger partial charge in [-0.3, -0.25) is 10.1 Å². The molecule has 0 spiro atoms. The summed E-state index contributed by atoms with van der Waals surface area (Å²) in [5, 5.41) is 36.4. The van der Waals surface area contributed by atoms with Crippen LogP contribution < -0.4 is 5.73 Å². The standard InChI is InChI=1S/C12H8F3N5O4/c13-12(14,15)5-3-6(10(22)7(4-5)20(23)24)18-19-9-2-1-8(21)11(16)17-9/h1-4,21-22H,(H2,16,17). The maximum Gasteiger partial charge on any atom is 0.416 e. The van der Waals surface area contributed by atoms with E-state index in [9.17, 15) is 33.5 Å². The lowest BCUT2D eigenvalue weighted by Crippen LogP contribution is -2.05. The molecule has 0 aliphatic carbocycles. The number of nitrogens with zero attached hydrogens (tertiary/aromatic N) is 4. The van der Waals surface area contributed by atoms with Crippen molar-refractivity contribution in [3.05, 3.63) is 39.9 Å². The number of hydrogen-bond donors (Lipinski definition) is 3. The Kier molecular flexibility index (Phi) is 4.22. The van der Waals surface area contributed by atoms with E-state index in [1.165, 1.54) is 0 Å². The Hall–Kier alpha value is -3.44. The number of rotatable bonds is 3. The van der Waals surface area contributed by atoms with Crippen molar-refractivity contribution < 1.29 is 28.3 Å². The maximum absolute atomic E-state index is 12.8. The summed E-state index contributed by atoms with van der Waals surface area (Å²) in [5.74, 6) is -1.91. The number of aromatic nitrogens is 1. The number of nitro groups is 1. The van der Waals surface area contributed by atoms with E-state index in [-0.39, 0.29) is 23.5 Å². The topological polar surface area (TPSA) is 147 Å². The molecule has 1 heterocycles. The Morgan fingerprint density at radius 3 is 2.42 bits per heavy atom. The van der Waals surface area contributed by atoms with Crippen LogP contribution in [0.4, 0.5) is 36.2 Å². The molecule has 126 valence electrons. The Morgan fingerprint density at radius 1 is 1.21 bits per heavy atom. The second-order valence-corrected chi connectivity index (χ2v) is 4.39. The second kappa shape index (κ2) is 5.98. The van der Waals surface area contributed by atoms with E-state index < -0.39 is 33.8 Å². The molecule has 0 saturated carbocycles. The first kappa shape index (κ1) is 16.9. The number of nitrogen functional groups attached to an aromatic ring is 1. The molecule has 0 radical (unpaired) electrons. The normalized spacial score (nSPS) is 11.8. The number of aromatic hydroxyl groups is 2. The molecule has 24 heavy (non-hydrogen) atoms. The summed E-state index contributed by atoms with van der Waals surface area (Å²) >= 11 is 0. The number of alkyl halides is 3. The highest BCUT2D eigenvalue weighted by atomic mass is 19.4. The lowest BCUT2D eigenvalue weighted by atomic mass is 10.1. The molecule has 0 unspecified atom stereocenters. The smallest absolute Gasteiger partial charge is 0.416 e. The number of nitrogens with two attached hydrogens (primary N) is 1. The quantitative estimate of drug-likeness (QED) is 0.442. The Bertz CT molecular complexity index is 838. The van der Waals surface area contributed by atoms with Crippen LogP contribution in [-0.2, 0) is 6.18 Å². The average molecular weight is 343 g/mol. The molecule has 0 saturated heterocycles. The molecule has 1 aromatic heterocycles. The van der Waals surface area contributed by atoms with Crippen molar-refractivity contribution in [1.82, 2.24) is 4.98 Å². The summed E-state index contributed by atoms with van der Waals surface area (Å²) in [5.41, 5.74) is 2.00. The first-order valence-corrected chi connectivity index (χ1v) is 6.05. The molecule has 2 aromatic rings. The van der Waals surface area contributed by atoms with Gasteiger partial charge in [0.2, 0.25) is 5.75 Å². The van der Waals surface area contributed by atoms with Gasteiger partial charge >= 0.3 is 11.9 Å². The molecule has 9 nitrogen and oxygen atoms in total. The number of anilines is 1. The molecular formula is C12H8F3N5O4. The Morgan fingerprint density at radius 2 is 1.88 bits per heavy atom. The zero-order chi connectivity index (χ0) is 18.1. The summed E-state index contributed by atoms with van der Waals surface area (Å²) in [7, 11) is 0. The van der Waals surface area contributed by atoms with Crippen LogP contribution in [0.3, 0.4) is 0 Å². The minimum atomic E-state index is -4.88. The van der Waals surface area contributed by atoms with Gasteiger partial charge in [0.1, 0.15) is 5.69 Å². The van der Waals surface area contributed by atoms with Gasteiger partial charge in [-0.25, -0.2) is 4.98 Å². The van der Waals surface area contributed by atoms with Gasteiger partial charge in [0, 0.05) is 6.07 Å². The molecule has 0 amide bonds. The molecule has 0 atom stereocenters. The van der Waals surface area contributed by atoms with Crippen molar-refractivity contribution in [3.63, 3.8) is 0 Å². The third kappa shape index (κ3) is 3.48. The van der Waals surface area contributed by atoms with Gasteiger partial charge in [-0.15, -0.1) is 10.2 Å². The van der Waals surface area contributed by atoms with Gasteiger partial charge in [0.05, 0.1) is 10.5 Å². The minimum absolute atomic E-state index is 0.186. The fourth-order valence-corrected chi connectivity index (χ4v) is 1.60. The number of phenols is 1. The number of azo groups is 1. The van der Waals surface area contributed by atoms with E-state index in [1.54, 1.807) is 0 Å². The van der Waals surface area contributed by atoms with Crippen LogP contribution >= 0.6 is 0 Å². The molecule has 4 N–H and O–H groups in total. The lowest BCUT2D eigenvalue weighted by Gasteiger charge is -2.08. The van der Waals surface area contributed by atoms with Crippen molar-refractivity contribution in [1.29, 1.82) is 0 Å². The van der Waals surface area contributed by atoms with Crippen LogP contribution in [0.15, 0.2) is 34.5 Å². The SMILES string of the molecule is Nc1nc(N=Nc2cc(C(F)(F)F)cc([N+](=O)[O-])c2O)ccc1O. The van der Waals surface area contributed by atoms with Crippen molar-refractivity contribution in [2.24, 2.45) is 10.2 Å². The first-order chi connectivity index (χ1) is 11.1. The molecule has 12 heteroatoms. The number of nitro benzene ring substituents is 1. The highest BCUT2D eigenvalue weighted by Gasteiger charge is 2.34. The molecular weight excluding hydrogens is 335 g/mol. The van der Waals surface area contributed by atoms with E-state index in [4.69, 9.17) is 5.73 Å². The number of hydrogen-bond acceptors (Lipinski definition) is 8. The molecule has 1 aromatic carbocycles. The number of phenolic OH excluding ortho intramolecular Hbond substituents is 1. The predicted molar refractivity (Wildman–Crippen MR) is 74.3 cm³/mol. The van der Waals surface area contributed by atoms with E-state index in [0.29, 0.717) is 6.07 Å². The second-order valence-electron chi connectivity index (χ2n) is 4.39. The van der Waals surface area contributed by atoms with Crippen molar-refractivity contribution >= 4 is 23.0 Å². The van der Waals surface area contributed by atoms with Gasteiger partial charge in [-0.2, -0.15) is 13.2 Å². The lowest BCUT2D eigenvalue weighted by molar-refractivity contribution is -0.386. The van der Waals surface area contributed by atoms with Crippen LogP contribution in [0.5, 0.6) is 11.5 Å². The van der Waals surface area contributed by atoms with Gasteiger partial charge < -0.3 is 15.9 Å². The highest BCUT2D eigenvalue weighted by Crippen LogP contribution is 2.42. The number of benzene rings is 1. The average Bonchev–Trinajstić information content (AvgIpc) is 2.48. The number of halogens is 3. The van der Waals surface area contributed by atoms with E-state index in [2.05, 4.69) is 15.2 Å². The summed E-state index contributed by atoms with van der Waals surface area (Å²) in [6.07, 6.45) is -4.88. The maximum atomic E-state index is 12.8. The fourth-order valence-electron chi connectivity index (χ4n) is 1.60. The summed E-state index contributed by atoms with van der Waals surface area (Å²) in [6, 6.07) is 2.85. The third-order valence-corrected chi connectivity index (χ3v) is 2.74. The summed E-state index contributed by atoms with van der Waals surface area (Å²) in [6.45, 7) is 0. The van der Waals surface area contributed by atoms with Crippen LogP contribution in [0.2, 0.25) is 0 Å². The van der Waals surface area contributed by atoms with E-state index in [1.807, 2.05) is 0 Å². The van der Waals surface area contributed by atoms with Crippen molar-refractivity contribution in [2.75, 3.05) is 5.73 Å². The predicted octanol–water partition coefficient (Wildman–Crippen LogP) is 3.42. The highest BCUT2D eigenvalue weighted by molar-refractivity contribution is 5.64. The molecule has 0 aliphatic rings. The molecule has 0 fully saturated rings. The molecule has 2 rings (SSSR count). The monoisotopic (exact) mass is 343 g/mol. The zero-order valence-corrected chi connectivity index (χ0v) is 11.5. The minimum Gasteiger partial charge on any atom is -0.504 e. The first-order valence-electron chi connectivity index (χ1n) is 6.05. The van der Waals surface area contributed by atoms with Crippen LogP contribution in [0.25, 0.3) is 0 Å². The van der Waals surface area contributed by atoms with Crippen molar-refractivity contribution in [2.45, 2.75) is 6.18 Å². The summed E-state index contributed by atoms with van der Waals surface area (Å²) in [4.78, 5) is 13.2. The van der Waals surface area contributed by atoms with Crippen LogP contribution in [0, 0.1) is 10.1 Å². The van der Waals surface area contributed by atoms with Gasteiger partial charge in [-0.05, 0) is 18.2 Å². The Labute approximate surface area is 131 Å².